The lowest BCUT2D eigenvalue weighted by Crippen LogP contribution is -2.59. The molecule has 104 valence electrons. The van der Waals surface area contributed by atoms with Gasteiger partial charge in [-0.1, -0.05) is 34.8 Å². The predicted octanol–water partition coefficient (Wildman–Crippen LogP) is 3.01. The van der Waals surface area contributed by atoms with Crippen molar-refractivity contribution in [2.75, 3.05) is 4.90 Å². The number of benzene rings is 1. The fraction of sp³-hybridized carbons (Fsp3) is 0.250. The van der Waals surface area contributed by atoms with Gasteiger partial charge in [-0.3, -0.25) is 14.9 Å². The summed E-state index contributed by atoms with van der Waals surface area (Å²) in [7, 11) is 0. The summed E-state index contributed by atoms with van der Waals surface area (Å²) in [5.41, 5.74) is -1.11. The Kier molecular flexibility index (Phi) is 2.97. The average Bonchev–Trinajstić information content (AvgIpc) is 3.12. The highest BCUT2D eigenvalue weighted by Crippen LogP contribution is 2.51. The van der Waals surface area contributed by atoms with Crippen LogP contribution in [-0.4, -0.2) is 17.8 Å². The quantitative estimate of drug-likeness (QED) is 0.803. The first-order valence-corrected chi connectivity index (χ1v) is 6.85. The van der Waals surface area contributed by atoms with Gasteiger partial charge in [-0.25, -0.2) is 9.69 Å². The second kappa shape index (κ2) is 4.35. The smallest absolute Gasteiger partial charge is 0.276 e. The predicted molar refractivity (Wildman–Crippen MR) is 74.2 cm³/mol. The zero-order valence-electron chi connectivity index (χ0n) is 9.87. The maximum Gasteiger partial charge on any atom is 0.335 e. The van der Waals surface area contributed by atoms with E-state index in [4.69, 9.17) is 34.8 Å². The van der Waals surface area contributed by atoms with Crippen LogP contribution in [0.15, 0.2) is 12.1 Å². The third-order valence-corrected chi connectivity index (χ3v) is 4.22. The summed E-state index contributed by atoms with van der Waals surface area (Å²) in [6.07, 6.45) is 0.814. The summed E-state index contributed by atoms with van der Waals surface area (Å²) in [5, 5.41) is 2.57. The van der Waals surface area contributed by atoms with Crippen LogP contribution in [-0.2, 0) is 9.59 Å². The number of rotatable bonds is 1. The number of anilines is 1. The first-order chi connectivity index (χ1) is 9.36. The van der Waals surface area contributed by atoms with Crippen molar-refractivity contribution in [3.8, 4) is 0 Å². The van der Waals surface area contributed by atoms with E-state index >= 15 is 0 Å². The van der Waals surface area contributed by atoms with Gasteiger partial charge >= 0.3 is 6.03 Å². The molecule has 8 heteroatoms. The first-order valence-electron chi connectivity index (χ1n) is 5.71. The van der Waals surface area contributed by atoms with Gasteiger partial charge in [0, 0.05) is 5.02 Å². The number of urea groups is 1. The molecule has 1 aliphatic heterocycles. The van der Waals surface area contributed by atoms with Crippen molar-refractivity contribution in [3.05, 3.63) is 27.2 Å². The number of halogens is 3. The topological polar surface area (TPSA) is 66.5 Å². The molecule has 0 bridgehead atoms. The number of nitrogens with zero attached hydrogens (tertiary/aromatic N) is 1. The number of carbonyl (C=O) groups excluding carboxylic acids is 3. The van der Waals surface area contributed by atoms with Gasteiger partial charge in [0.1, 0.15) is 5.41 Å². The molecule has 1 aromatic rings. The molecule has 1 saturated carbocycles. The van der Waals surface area contributed by atoms with Gasteiger partial charge in [-0.05, 0) is 25.0 Å². The second-order valence-corrected chi connectivity index (χ2v) is 5.95. The van der Waals surface area contributed by atoms with Crippen LogP contribution in [0.25, 0.3) is 0 Å². The molecule has 3 rings (SSSR count). The molecule has 1 aliphatic carbocycles. The van der Waals surface area contributed by atoms with Crippen LogP contribution >= 0.6 is 34.8 Å². The van der Waals surface area contributed by atoms with E-state index in [1.54, 1.807) is 0 Å². The van der Waals surface area contributed by atoms with Gasteiger partial charge < -0.3 is 0 Å². The molecular formula is C12H7Cl3N2O3. The molecule has 1 saturated heterocycles. The number of amides is 4. The van der Waals surface area contributed by atoms with Gasteiger partial charge in [0.15, 0.2) is 0 Å². The van der Waals surface area contributed by atoms with Crippen molar-refractivity contribution in [2.45, 2.75) is 12.8 Å². The van der Waals surface area contributed by atoms with E-state index in [1.165, 1.54) is 12.1 Å². The standard InChI is InChI=1S/C12H7Cl3N2O3/c13-5-3-6(14)8(7(15)4-5)17-10(19)12(1-2-12)9(18)16-11(17)20/h3-4H,1-2H2,(H,16,18,20). The van der Waals surface area contributed by atoms with Crippen LogP contribution in [0.1, 0.15) is 12.8 Å². The Balaban J connectivity index is 2.12. The van der Waals surface area contributed by atoms with Crippen molar-refractivity contribution >= 4 is 58.3 Å². The van der Waals surface area contributed by atoms with Gasteiger partial charge in [0.2, 0.25) is 5.91 Å². The molecule has 1 heterocycles. The lowest BCUT2D eigenvalue weighted by Gasteiger charge is -2.31. The van der Waals surface area contributed by atoms with Crippen molar-refractivity contribution < 1.29 is 14.4 Å². The molecule has 4 amide bonds. The molecular weight excluding hydrogens is 327 g/mol. The zero-order valence-corrected chi connectivity index (χ0v) is 12.1. The van der Waals surface area contributed by atoms with E-state index in [0.717, 1.165) is 4.90 Å². The van der Waals surface area contributed by atoms with Crippen molar-refractivity contribution in [1.82, 2.24) is 5.32 Å². The minimum Gasteiger partial charge on any atom is -0.276 e. The fourth-order valence-corrected chi connectivity index (χ4v) is 3.18. The molecule has 1 aromatic carbocycles. The van der Waals surface area contributed by atoms with Crippen LogP contribution < -0.4 is 10.2 Å². The fourth-order valence-electron chi connectivity index (χ4n) is 2.19. The maximum atomic E-state index is 12.4. The van der Waals surface area contributed by atoms with Gasteiger partial charge in [0.05, 0.1) is 15.7 Å². The molecule has 0 unspecified atom stereocenters. The Morgan fingerprint density at radius 2 is 1.60 bits per heavy atom. The highest BCUT2D eigenvalue weighted by molar-refractivity contribution is 6.45. The Bertz CT molecular complexity index is 647. The highest BCUT2D eigenvalue weighted by Gasteiger charge is 2.62. The minimum atomic E-state index is -1.15. The number of barbiturate groups is 1. The first kappa shape index (κ1) is 13.7. The van der Waals surface area contributed by atoms with Crippen LogP contribution in [0.5, 0.6) is 0 Å². The average molecular weight is 334 g/mol. The number of hydrogen-bond donors (Lipinski definition) is 1. The summed E-state index contributed by atoms with van der Waals surface area (Å²) in [6.45, 7) is 0. The van der Waals surface area contributed by atoms with E-state index < -0.39 is 23.3 Å². The minimum absolute atomic E-state index is 0.0407. The summed E-state index contributed by atoms with van der Waals surface area (Å²) in [6, 6.07) is 1.89. The summed E-state index contributed by atoms with van der Waals surface area (Å²) in [4.78, 5) is 36.9. The van der Waals surface area contributed by atoms with Gasteiger partial charge in [0.25, 0.3) is 5.91 Å². The Morgan fingerprint density at radius 3 is 2.10 bits per heavy atom. The van der Waals surface area contributed by atoms with E-state index in [2.05, 4.69) is 5.32 Å². The molecule has 2 aliphatic rings. The van der Waals surface area contributed by atoms with Crippen LogP contribution in [0.2, 0.25) is 15.1 Å². The van der Waals surface area contributed by atoms with Crippen LogP contribution in [0.3, 0.4) is 0 Å². The van der Waals surface area contributed by atoms with Crippen molar-refractivity contribution in [1.29, 1.82) is 0 Å². The van der Waals surface area contributed by atoms with E-state index in [0.29, 0.717) is 12.8 Å². The lowest BCUT2D eigenvalue weighted by molar-refractivity contribution is -0.136. The maximum absolute atomic E-state index is 12.4. The molecule has 0 aromatic heterocycles. The number of nitrogens with one attached hydrogen (secondary N) is 1. The van der Waals surface area contributed by atoms with E-state index in [-0.39, 0.29) is 20.8 Å². The molecule has 1 N–H and O–H groups in total. The second-order valence-electron chi connectivity index (χ2n) is 4.70. The molecule has 2 fully saturated rings. The molecule has 0 atom stereocenters. The summed E-state index contributed by atoms with van der Waals surface area (Å²) < 4.78 is 0. The lowest BCUT2D eigenvalue weighted by atomic mass is 10.0. The molecule has 20 heavy (non-hydrogen) atoms. The Hall–Kier alpha value is -1.30. The van der Waals surface area contributed by atoms with E-state index in [9.17, 15) is 14.4 Å². The Labute approximate surface area is 128 Å². The number of carbonyl (C=O) groups is 3. The molecule has 1 spiro atoms. The van der Waals surface area contributed by atoms with Crippen molar-refractivity contribution in [3.63, 3.8) is 0 Å². The monoisotopic (exact) mass is 332 g/mol. The summed E-state index contributed by atoms with van der Waals surface area (Å²) >= 11 is 17.8. The third-order valence-electron chi connectivity index (χ3n) is 3.43. The highest BCUT2D eigenvalue weighted by atomic mass is 35.5. The normalized spacial score (nSPS) is 20.4. The van der Waals surface area contributed by atoms with Crippen LogP contribution in [0.4, 0.5) is 10.5 Å². The SMILES string of the molecule is O=C1NC(=O)C2(CC2)C(=O)N1c1c(Cl)cc(Cl)cc1Cl. The molecule has 5 nitrogen and oxygen atoms in total. The zero-order chi connectivity index (χ0) is 14.7. The van der Waals surface area contributed by atoms with Crippen molar-refractivity contribution in [2.24, 2.45) is 5.41 Å². The number of hydrogen-bond acceptors (Lipinski definition) is 3. The summed E-state index contributed by atoms with van der Waals surface area (Å²) in [5.74, 6) is -1.16. The van der Waals surface area contributed by atoms with Crippen LogP contribution in [0, 0.1) is 5.41 Å². The third kappa shape index (κ3) is 1.81. The number of imide groups is 2. The van der Waals surface area contributed by atoms with E-state index in [1.807, 2.05) is 0 Å². The molecule has 0 radical (unpaired) electrons. The largest absolute Gasteiger partial charge is 0.335 e. The Morgan fingerprint density at radius 1 is 1.05 bits per heavy atom. The van der Waals surface area contributed by atoms with Gasteiger partial charge in [-0.2, -0.15) is 0 Å². The van der Waals surface area contributed by atoms with Gasteiger partial charge in [-0.15, -0.1) is 0 Å².